The summed E-state index contributed by atoms with van der Waals surface area (Å²) in [6.45, 7) is 4.20. The van der Waals surface area contributed by atoms with Crippen LogP contribution >= 0.6 is 23.4 Å². The highest BCUT2D eigenvalue weighted by Gasteiger charge is 2.22. The van der Waals surface area contributed by atoms with Crippen LogP contribution in [0.15, 0.2) is 95.2 Å². The Morgan fingerprint density at radius 1 is 1.03 bits per heavy atom. The number of benzene rings is 3. The van der Waals surface area contributed by atoms with Crippen molar-refractivity contribution in [3.8, 4) is 5.75 Å². The molecule has 3 aromatic rings. The lowest BCUT2D eigenvalue weighted by Gasteiger charge is -2.26. The molecular weight excluding hydrogens is 426 g/mol. The number of rotatable bonds is 11. The summed E-state index contributed by atoms with van der Waals surface area (Å²) in [4.78, 5) is 2.18. The van der Waals surface area contributed by atoms with Crippen LogP contribution in [0.25, 0.3) is 0 Å². The summed E-state index contributed by atoms with van der Waals surface area (Å²) in [5, 5.41) is 10.3. The molecule has 0 aliphatic heterocycles. The van der Waals surface area contributed by atoms with Crippen LogP contribution in [0, 0.1) is 0 Å². The Kier molecular flexibility index (Phi) is 8.61. The number of halogens is 1. The summed E-state index contributed by atoms with van der Waals surface area (Å²) < 4.78 is 5.85. The number of nitrogens with two attached hydrogens (primary N) is 1. The van der Waals surface area contributed by atoms with Crippen LogP contribution in [0.2, 0.25) is 5.02 Å². The molecule has 0 amide bonds. The number of ether oxygens (including phenoxy) is 1. The van der Waals surface area contributed by atoms with Gasteiger partial charge in [0, 0.05) is 20.4 Å². The van der Waals surface area contributed by atoms with Crippen LogP contribution < -0.4 is 10.5 Å². The number of aryl methyl sites for hydroxylation is 1. The van der Waals surface area contributed by atoms with Crippen molar-refractivity contribution >= 4 is 23.4 Å². The molecular formula is C26H28ClNO2S. The molecule has 0 spiro atoms. The van der Waals surface area contributed by atoms with Gasteiger partial charge in [0.25, 0.3) is 0 Å². The van der Waals surface area contributed by atoms with Gasteiger partial charge in [-0.15, -0.1) is 6.58 Å². The number of hydrogen-bond acceptors (Lipinski definition) is 4. The van der Waals surface area contributed by atoms with E-state index in [0.717, 1.165) is 26.7 Å². The van der Waals surface area contributed by atoms with Crippen LogP contribution in [0.1, 0.15) is 24.0 Å². The van der Waals surface area contributed by atoms with Gasteiger partial charge in [-0.2, -0.15) is 0 Å². The molecule has 3 aromatic carbocycles. The Morgan fingerprint density at radius 2 is 1.74 bits per heavy atom. The van der Waals surface area contributed by atoms with Crippen LogP contribution in [0.5, 0.6) is 5.75 Å². The quantitative estimate of drug-likeness (QED) is 0.336. The molecule has 0 saturated carbocycles. The van der Waals surface area contributed by atoms with E-state index in [4.69, 9.17) is 22.1 Å². The third kappa shape index (κ3) is 7.15. The summed E-state index contributed by atoms with van der Waals surface area (Å²) in [6.07, 6.45) is 3.67. The fourth-order valence-electron chi connectivity index (χ4n) is 3.19. The summed E-state index contributed by atoms with van der Waals surface area (Å²) in [6, 6.07) is 24.3. The molecule has 0 aliphatic carbocycles. The van der Waals surface area contributed by atoms with Gasteiger partial charge < -0.3 is 15.6 Å². The molecule has 0 radical (unpaired) electrons. The summed E-state index contributed by atoms with van der Waals surface area (Å²) in [7, 11) is 0. The van der Waals surface area contributed by atoms with Crippen LogP contribution in [-0.4, -0.2) is 17.3 Å². The molecule has 0 aromatic heterocycles. The number of aliphatic hydroxyl groups is 1. The first kappa shape index (κ1) is 23.4. The van der Waals surface area contributed by atoms with Crippen molar-refractivity contribution < 1.29 is 9.84 Å². The maximum atomic E-state index is 9.57. The molecule has 0 fully saturated rings. The van der Waals surface area contributed by atoms with Crippen molar-refractivity contribution in [3.63, 3.8) is 0 Å². The molecule has 5 heteroatoms. The second-order valence-corrected chi connectivity index (χ2v) is 9.17. The second kappa shape index (κ2) is 11.4. The van der Waals surface area contributed by atoms with Crippen LogP contribution in [0.3, 0.4) is 0 Å². The van der Waals surface area contributed by atoms with Gasteiger partial charge in [-0.25, -0.2) is 0 Å². The normalized spacial score (nSPS) is 12.9. The third-order valence-corrected chi connectivity index (χ3v) is 6.44. The first-order chi connectivity index (χ1) is 15.0. The van der Waals surface area contributed by atoms with E-state index in [1.54, 1.807) is 17.8 Å². The number of hydrogen-bond donors (Lipinski definition) is 2. The zero-order valence-electron chi connectivity index (χ0n) is 17.5. The Balaban J connectivity index is 1.56. The maximum Gasteiger partial charge on any atom is 0.119 e. The Hall–Kier alpha value is -2.24. The Labute approximate surface area is 193 Å². The molecule has 0 aliphatic rings. The topological polar surface area (TPSA) is 55.5 Å². The predicted octanol–water partition coefficient (Wildman–Crippen LogP) is 6.27. The lowest BCUT2D eigenvalue weighted by molar-refractivity contribution is 0.188. The molecule has 3 N–H and O–H groups in total. The van der Waals surface area contributed by atoms with Crippen molar-refractivity contribution in [1.29, 1.82) is 0 Å². The average molecular weight is 454 g/mol. The van der Waals surface area contributed by atoms with Crippen molar-refractivity contribution in [2.24, 2.45) is 5.73 Å². The largest absolute Gasteiger partial charge is 0.489 e. The van der Waals surface area contributed by atoms with Crippen molar-refractivity contribution in [2.75, 3.05) is 6.61 Å². The average Bonchev–Trinajstić information content (AvgIpc) is 2.79. The van der Waals surface area contributed by atoms with Gasteiger partial charge in [-0.3, -0.25) is 0 Å². The summed E-state index contributed by atoms with van der Waals surface area (Å²) in [5.41, 5.74) is 7.75. The molecule has 31 heavy (non-hydrogen) atoms. The minimum absolute atomic E-state index is 0.0738. The van der Waals surface area contributed by atoms with Crippen molar-refractivity contribution in [3.05, 3.63) is 102 Å². The lowest BCUT2D eigenvalue weighted by atomic mass is 9.90. The third-order valence-electron chi connectivity index (χ3n) is 5.09. The molecule has 162 valence electrons. The van der Waals surface area contributed by atoms with E-state index in [1.165, 1.54) is 0 Å². The highest BCUT2D eigenvalue weighted by molar-refractivity contribution is 7.99. The van der Waals surface area contributed by atoms with Gasteiger partial charge in [0.05, 0.1) is 6.61 Å². The van der Waals surface area contributed by atoms with Gasteiger partial charge in [0.1, 0.15) is 12.4 Å². The number of aliphatic hydroxyl groups excluding tert-OH is 1. The van der Waals surface area contributed by atoms with Gasteiger partial charge >= 0.3 is 0 Å². The van der Waals surface area contributed by atoms with E-state index >= 15 is 0 Å². The molecule has 0 bridgehead atoms. The van der Waals surface area contributed by atoms with Gasteiger partial charge in [-0.1, -0.05) is 65.8 Å². The SMILES string of the molecule is C=CCC(N)(CO)CCc1ccc(Sc2ccc(OCc3ccccc3)cc2)cc1Cl. The highest BCUT2D eigenvalue weighted by atomic mass is 35.5. The Bertz CT molecular complexity index is 978. The minimum atomic E-state index is -0.650. The molecule has 0 saturated heterocycles. The van der Waals surface area contributed by atoms with Crippen molar-refractivity contribution in [1.82, 2.24) is 0 Å². The zero-order chi connectivity index (χ0) is 22.1. The van der Waals surface area contributed by atoms with Crippen molar-refractivity contribution in [2.45, 2.75) is 41.2 Å². The van der Waals surface area contributed by atoms with E-state index in [2.05, 4.69) is 12.6 Å². The fraction of sp³-hybridized carbons (Fsp3) is 0.231. The highest BCUT2D eigenvalue weighted by Crippen LogP contribution is 2.32. The van der Waals surface area contributed by atoms with Crippen LogP contribution in [-0.2, 0) is 13.0 Å². The molecule has 0 heterocycles. The van der Waals surface area contributed by atoms with E-state index in [0.29, 0.717) is 30.9 Å². The van der Waals surface area contributed by atoms with Gasteiger partial charge in [-0.05, 0) is 66.8 Å². The van der Waals surface area contributed by atoms with Gasteiger partial charge in [0.15, 0.2) is 0 Å². The molecule has 3 rings (SSSR count). The van der Waals surface area contributed by atoms with Crippen LogP contribution in [0.4, 0.5) is 0 Å². The van der Waals surface area contributed by atoms with Gasteiger partial charge in [0.2, 0.25) is 0 Å². The second-order valence-electron chi connectivity index (χ2n) is 7.61. The monoisotopic (exact) mass is 453 g/mol. The van der Waals surface area contributed by atoms with E-state index in [-0.39, 0.29) is 6.61 Å². The van der Waals surface area contributed by atoms with E-state index < -0.39 is 5.54 Å². The molecule has 1 atom stereocenters. The summed E-state index contributed by atoms with van der Waals surface area (Å²) >= 11 is 8.16. The summed E-state index contributed by atoms with van der Waals surface area (Å²) in [5.74, 6) is 0.843. The van der Waals surface area contributed by atoms with E-state index in [9.17, 15) is 5.11 Å². The zero-order valence-corrected chi connectivity index (χ0v) is 19.0. The first-order valence-corrected chi connectivity index (χ1v) is 11.4. The Morgan fingerprint density at radius 3 is 2.39 bits per heavy atom. The standard InChI is InChI=1S/C26H28ClNO2S/c1-2-15-26(28,19-29)16-14-21-8-11-24(17-25(21)27)31-23-12-9-22(10-13-23)30-18-20-6-4-3-5-7-20/h2-13,17,29H,1,14-16,18-19,28H2. The minimum Gasteiger partial charge on any atom is -0.489 e. The molecule has 3 nitrogen and oxygen atoms in total. The fourth-order valence-corrected chi connectivity index (χ4v) is 4.39. The smallest absolute Gasteiger partial charge is 0.119 e. The first-order valence-electron chi connectivity index (χ1n) is 10.2. The predicted molar refractivity (Wildman–Crippen MR) is 130 cm³/mol. The maximum absolute atomic E-state index is 9.57. The lowest BCUT2D eigenvalue weighted by Crippen LogP contribution is -2.43. The molecule has 1 unspecified atom stereocenters. The van der Waals surface area contributed by atoms with E-state index in [1.807, 2.05) is 66.7 Å².